The van der Waals surface area contributed by atoms with E-state index in [9.17, 15) is 4.79 Å². The van der Waals surface area contributed by atoms with Gasteiger partial charge in [0.15, 0.2) is 5.70 Å². The summed E-state index contributed by atoms with van der Waals surface area (Å²) in [4.78, 5) is 16.6. The van der Waals surface area contributed by atoms with Gasteiger partial charge in [0, 0.05) is 12.7 Å². The Morgan fingerprint density at radius 3 is 2.64 bits per heavy atom. The second kappa shape index (κ2) is 8.09. The third-order valence-corrected chi connectivity index (χ3v) is 5.74. The fourth-order valence-electron chi connectivity index (χ4n) is 2.24. The molecular formula is C17H9ClI3NO3. The topological polar surface area (TPSA) is 47.9 Å². The number of ether oxygens (including phenoxy) is 2. The summed E-state index contributed by atoms with van der Waals surface area (Å²) < 4.78 is 13.7. The third-order valence-electron chi connectivity index (χ3n) is 3.31. The summed E-state index contributed by atoms with van der Waals surface area (Å²) >= 11 is 12.8. The number of hydrogen-bond acceptors (Lipinski definition) is 4. The lowest BCUT2D eigenvalue weighted by atomic mass is 10.1. The van der Waals surface area contributed by atoms with E-state index in [1.807, 2.05) is 24.3 Å². The zero-order chi connectivity index (χ0) is 18.1. The smallest absolute Gasteiger partial charge is 0.363 e. The van der Waals surface area contributed by atoms with Crippen LogP contribution in [0.1, 0.15) is 11.1 Å². The molecule has 1 heterocycles. The van der Waals surface area contributed by atoms with E-state index in [4.69, 9.17) is 21.1 Å². The highest BCUT2D eigenvalue weighted by Gasteiger charge is 2.26. The molecule has 4 nitrogen and oxygen atoms in total. The normalized spacial score (nSPS) is 15.3. The monoisotopic (exact) mass is 691 g/mol. The molecule has 25 heavy (non-hydrogen) atoms. The van der Waals surface area contributed by atoms with Gasteiger partial charge >= 0.3 is 5.97 Å². The molecule has 0 amide bonds. The molecular weight excluding hydrogens is 682 g/mol. The highest BCUT2D eigenvalue weighted by atomic mass is 127. The summed E-state index contributed by atoms with van der Waals surface area (Å²) in [6, 6.07) is 9.37. The van der Waals surface area contributed by atoms with Crippen molar-refractivity contribution in [3.8, 4) is 5.75 Å². The molecule has 0 aromatic heterocycles. The Kier molecular flexibility index (Phi) is 6.27. The minimum Gasteiger partial charge on any atom is -0.495 e. The maximum atomic E-state index is 12.2. The lowest BCUT2D eigenvalue weighted by molar-refractivity contribution is -0.129. The highest BCUT2D eigenvalue weighted by Crippen LogP contribution is 2.31. The SMILES string of the molecule is COc1c(I)cc(I)cc1/C=C1\N=C(c2cc(I)ccc2Cl)OC1=O. The molecule has 128 valence electrons. The van der Waals surface area contributed by atoms with Crippen molar-refractivity contribution in [2.75, 3.05) is 7.11 Å². The van der Waals surface area contributed by atoms with Gasteiger partial charge in [0.2, 0.25) is 5.90 Å². The van der Waals surface area contributed by atoms with E-state index < -0.39 is 5.97 Å². The van der Waals surface area contributed by atoms with Crippen molar-refractivity contribution in [3.63, 3.8) is 0 Å². The van der Waals surface area contributed by atoms with Crippen LogP contribution in [0.3, 0.4) is 0 Å². The summed E-state index contributed by atoms with van der Waals surface area (Å²) in [6.45, 7) is 0. The van der Waals surface area contributed by atoms with Gasteiger partial charge in [-0.15, -0.1) is 0 Å². The molecule has 0 spiro atoms. The molecule has 8 heteroatoms. The fraction of sp³-hybridized carbons (Fsp3) is 0.0588. The number of cyclic esters (lactones) is 1. The van der Waals surface area contributed by atoms with Crippen molar-refractivity contribution in [1.29, 1.82) is 0 Å². The first-order chi connectivity index (χ1) is 11.9. The average molecular weight is 691 g/mol. The summed E-state index contributed by atoms with van der Waals surface area (Å²) in [5, 5.41) is 0.481. The minimum atomic E-state index is -0.513. The average Bonchev–Trinajstić information content (AvgIpc) is 2.90. The van der Waals surface area contributed by atoms with E-state index in [2.05, 4.69) is 72.8 Å². The summed E-state index contributed by atoms with van der Waals surface area (Å²) in [6.07, 6.45) is 1.67. The number of benzene rings is 2. The van der Waals surface area contributed by atoms with Crippen LogP contribution in [-0.4, -0.2) is 19.0 Å². The van der Waals surface area contributed by atoms with Gasteiger partial charge < -0.3 is 9.47 Å². The number of hydrogen-bond donors (Lipinski definition) is 0. The van der Waals surface area contributed by atoms with Crippen molar-refractivity contribution >= 4 is 97.3 Å². The van der Waals surface area contributed by atoms with Crippen LogP contribution < -0.4 is 4.74 Å². The number of nitrogens with zero attached hydrogens (tertiary/aromatic N) is 1. The number of aliphatic imine (C=N–C) groups is 1. The van der Waals surface area contributed by atoms with E-state index in [1.165, 1.54) is 0 Å². The van der Waals surface area contributed by atoms with E-state index in [0.717, 1.165) is 16.3 Å². The van der Waals surface area contributed by atoms with Crippen molar-refractivity contribution in [3.05, 3.63) is 62.9 Å². The van der Waals surface area contributed by atoms with E-state index >= 15 is 0 Å². The molecule has 1 aliphatic rings. The first-order valence-corrected chi connectivity index (χ1v) is 10.5. The Balaban J connectivity index is 2.07. The Morgan fingerprint density at radius 1 is 1.16 bits per heavy atom. The molecule has 0 atom stereocenters. The minimum absolute atomic E-state index is 0.207. The highest BCUT2D eigenvalue weighted by molar-refractivity contribution is 14.1. The van der Waals surface area contributed by atoms with E-state index in [1.54, 1.807) is 19.3 Å². The van der Waals surface area contributed by atoms with Crippen molar-refractivity contribution in [1.82, 2.24) is 0 Å². The zero-order valence-corrected chi connectivity index (χ0v) is 19.9. The number of halogens is 4. The lowest BCUT2D eigenvalue weighted by Gasteiger charge is -2.08. The van der Waals surface area contributed by atoms with E-state index in [-0.39, 0.29) is 11.6 Å². The van der Waals surface area contributed by atoms with Gasteiger partial charge in [0.25, 0.3) is 0 Å². The molecule has 0 bridgehead atoms. The molecule has 2 aromatic carbocycles. The maximum Gasteiger partial charge on any atom is 0.363 e. The van der Waals surface area contributed by atoms with Gasteiger partial charge in [0.05, 0.1) is 21.3 Å². The molecule has 0 N–H and O–H groups in total. The Morgan fingerprint density at radius 2 is 1.92 bits per heavy atom. The molecule has 0 unspecified atom stereocenters. The standard InChI is InChI=1S/C17H9ClI3NO3/c1-24-15-8(4-10(20)7-13(15)21)5-14-17(23)25-16(22-14)11-6-9(19)2-3-12(11)18/h2-7H,1H3/b14-5-. The molecule has 1 aliphatic heterocycles. The van der Waals surface area contributed by atoms with Crippen LogP contribution in [0.25, 0.3) is 6.08 Å². The number of methoxy groups -OCH3 is 1. The zero-order valence-electron chi connectivity index (χ0n) is 12.6. The van der Waals surface area contributed by atoms with Crippen LogP contribution >= 0.6 is 79.4 Å². The van der Waals surface area contributed by atoms with Gasteiger partial charge in [-0.3, -0.25) is 0 Å². The van der Waals surface area contributed by atoms with Gasteiger partial charge in [0.1, 0.15) is 5.75 Å². The Hall–Kier alpha value is -0.400. The molecule has 3 rings (SSSR count). The summed E-state index contributed by atoms with van der Waals surface area (Å²) in [5.41, 5.74) is 1.57. The fourth-order valence-corrected chi connectivity index (χ4v) is 5.04. The summed E-state index contributed by atoms with van der Waals surface area (Å²) in [7, 11) is 1.60. The molecule has 0 saturated heterocycles. The van der Waals surface area contributed by atoms with Crippen LogP contribution in [0.5, 0.6) is 5.75 Å². The molecule has 0 fully saturated rings. The Labute approximate surface area is 190 Å². The van der Waals surface area contributed by atoms with E-state index in [0.29, 0.717) is 16.3 Å². The quantitative estimate of drug-likeness (QED) is 0.243. The number of esters is 1. The molecule has 0 aliphatic carbocycles. The predicted octanol–water partition coefficient (Wildman–Crippen LogP) is 5.51. The maximum absolute atomic E-state index is 12.2. The van der Waals surface area contributed by atoms with Crippen LogP contribution in [-0.2, 0) is 9.53 Å². The van der Waals surface area contributed by atoms with Crippen LogP contribution in [0.15, 0.2) is 41.0 Å². The predicted molar refractivity (Wildman–Crippen MR) is 123 cm³/mol. The van der Waals surface area contributed by atoms with Crippen LogP contribution in [0, 0.1) is 10.7 Å². The lowest BCUT2D eigenvalue weighted by Crippen LogP contribution is -2.06. The second-order valence-electron chi connectivity index (χ2n) is 4.97. The number of carbonyl (C=O) groups excluding carboxylic acids is 1. The third kappa shape index (κ3) is 4.30. The van der Waals surface area contributed by atoms with Crippen LogP contribution in [0.4, 0.5) is 0 Å². The largest absolute Gasteiger partial charge is 0.495 e. The molecule has 0 radical (unpaired) electrons. The van der Waals surface area contributed by atoms with Crippen molar-refractivity contribution in [2.45, 2.75) is 0 Å². The molecule has 0 saturated carbocycles. The second-order valence-corrected chi connectivity index (χ2v) is 9.03. The Bertz CT molecular complexity index is 941. The first-order valence-electron chi connectivity index (χ1n) is 6.90. The van der Waals surface area contributed by atoms with Gasteiger partial charge in [-0.2, -0.15) is 0 Å². The number of carbonyl (C=O) groups is 1. The van der Waals surface area contributed by atoms with Gasteiger partial charge in [-0.05, 0) is 104 Å². The summed E-state index contributed by atoms with van der Waals surface area (Å²) in [5.74, 6) is 0.386. The number of rotatable bonds is 3. The van der Waals surface area contributed by atoms with Crippen molar-refractivity contribution < 1.29 is 14.3 Å². The van der Waals surface area contributed by atoms with Crippen molar-refractivity contribution in [2.24, 2.45) is 4.99 Å². The van der Waals surface area contributed by atoms with Crippen LogP contribution in [0.2, 0.25) is 5.02 Å². The van der Waals surface area contributed by atoms with Gasteiger partial charge in [-0.25, -0.2) is 9.79 Å². The van der Waals surface area contributed by atoms with Gasteiger partial charge in [-0.1, -0.05) is 11.6 Å². The first kappa shape index (κ1) is 19.4. The molecule has 2 aromatic rings.